The molecule has 0 radical (unpaired) electrons. The van der Waals surface area contributed by atoms with Gasteiger partial charge in [0.25, 0.3) is 5.91 Å². The second kappa shape index (κ2) is 9.14. The van der Waals surface area contributed by atoms with E-state index in [1.54, 1.807) is 23.1 Å². The van der Waals surface area contributed by atoms with Crippen LogP contribution in [0.15, 0.2) is 39.4 Å². The molecule has 1 aliphatic rings. The van der Waals surface area contributed by atoms with E-state index in [1.165, 1.54) is 0 Å². The third kappa shape index (κ3) is 4.56. The Morgan fingerprint density at radius 3 is 2.39 bits per heavy atom. The zero-order valence-corrected chi connectivity index (χ0v) is 20.7. The summed E-state index contributed by atoms with van der Waals surface area (Å²) >= 11 is 0. The number of nitrogens with one attached hydrogen (secondary N) is 2. The molecule has 1 aliphatic heterocycles. The summed E-state index contributed by atoms with van der Waals surface area (Å²) in [5, 5.41) is 25.2. The lowest BCUT2D eigenvalue weighted by molar-refractivity contribution is 0.0790. The molecule has 4 heterocycles. The first-order valence-corrected chi connectivity index (χ1v) is 11.9. The minimum atomic E-state index is -0.268. The number of carbonyl (C=O) groups is 1. The summed E-state index contributed by atoms with van der Waals surface area (Å²) < 4.78 is 10.7. The van der Waals surface area contributed by atoms with Gasteiger partial charge in [-0.1, -0.05) is 26.8 Å². The molecule has 1 atom stereocenters. The van der Waals surface area contributed by atoms with Crippen molar-refractivity contribution in [1.82, 2.24) is 25.2 Å². The van der Waals surface area contributed by atoms with Crippen molar-refractivity contribution in [3.8, 4) is 5.75 Å². The Balaban J connectivity index is 1.52. The number of aromatic hydroxyl groups is 1. The number of furan rings is 1. The van der Waals surface area contributed by atoms with E-state index in [0.717, 1.165) is 24.4 Å². The van der Waals surface area contributed by atoms with Crippen LogP contribution < -0.4 is 10.6 Å². The van der Waals surface area contributed by atoms with Gasteiger partial charge in [0.15, 0.2) is 17.4 Å². The van der Waals surface area contributed by atoms with E-state index in [0.29, 0.717) is 24.6 Å². The van der Waals surface area contributed by atoms with E-state index < -0.39 is 0 Å². The maximum absolute atomic E-state index is 13.0. The van der Waals surface area contributed by atoms with Crippen molar-refractivity contribution in [1.29, 1.82) is 0 Å². The summed E-state index contributed by atoms with van der Waals surface area (Å²) in [6.45, 7) is 9.51. The highest BCUT2D eigenvalue weighted by Crippen LogP contribution is 2.39. The Kier molecular flexibility index (Phi) is 5.99. The van der Waals surface area contributed by atoms with Gasteiger partial charge in [-0.3, -0.25) is 4.79 Å². The van der Waals surface area contributed by atoms with Crippen LogP contribution in [0.3, 0.4) is 0 Å². The van der Waals surface area contributed by atoms with Crippen molar-refractivity contribution in [3.63, 3.8) is 0 Å². The molecule has 11 heteroatoms. The largest absolute Gasteiger partial charge is 0.505 e. The van der Waals surface area contributed by atoms with Gasteiger partial charge in [0.05, 0.1) is 17.3 Å². The average Bonchev–Trinajstić information content (AvgIpc) is 3.59. The number of aromatic nitrogens is 4. The number of anilines is 3. The molecule has 0 saturated carbocycles. The molecule has 3 N–H and O–H groups in total. The van der Waals surface area contributed by atoms with Gasteiger partial charge in [-0.2, -0.15) is 0 Å². The highest BCUT2D eigenvalue weighted by Gasteiger charge is 2.31. The number of benzene rings is 1. The van der Waals surface area contributed by atoms with Gasteiger partial charge < -0.3 is 25.1 Å². The maximum Gasteiger partial charge on any atom is 0.257 e. The molecule has 36 heavy (non-hydrogen) atoms. The molecule has 11 nitrogen and oxygen atoms in total. The Labute approximate surface area is 207 Å². The summed E-state index contributed by atoms with van der Waals surface area (Å²) in [5.74, 6) is 1.84. The molecule has 1 fully saturated rings. The Hall–Kier alpha value is -4.15. The SMILES string of the molecule is Cc1ccc([C@H](Nc2nc3nonc3nc2Nc2cccc(C(=O)N3CCCC3)c2O)C(C)(C)C)o1. The van der Waals surface area contributed by atoms with E-state index >= 15 is 0 Å². The average molecular weight is 492 g/mol. The highest BCUT2D eigenvalue weighted by molar-refractivity contribution is 5.99. The topological polar surface area (TPSA) is 142 Å². The van der Waals surface area contributed by atoms with Crippen molar-refractivity contribution in [2.45, 2.75) is 46.6 Å². The first-order chi connectivity index (χ1) is 17.2. The zero-order valence-electron chi connectivity index (χ0n) is 20.7. The Morgan fingerprint density at radius 1 is 1.06 bits per heavy atom. The van der Waals surface area contributed by atoms with Gasteiger partial charge in [0, 0.05) is 13.1 Å². The van der Waals surface area contributed by atoms with E-state index in [9.17, 15) is 9.90 Å². The van der Waals surface area contributed by atoms with Crippen LogP contribution in [0, 0.1) is 12.3 Å². The van der Waals surface area contributed by atoms with Crippen molar-refractivity contribution >= 4 is 34.5 Å². The standard InChI is InChI=1S/C25H29N7O4/c1-14-10-11-17(35-14)19(25(2,3)4)27-21-20(28-22-23(29-21)31-36-30-22)26-16-9-7-8-15(18(16)33)24(34)32-12-5-6-13-32/h7-11,19,33H,5-6,12-13H2,1-4H3,(H,26,28,30)(H,27,29,31)/t19-/m0/s1. The van der Waals surface area contributed by atoms with Crippen LogP contribution in [0.25, 0.3) is 11.3 Å². The number of hydrogen-bond acceptors (Lipinski definition) is 10. The normalized spacial score (nSPS) is 14.8. The molecule has 1 amide bonds. The second-order valence-corrected chi connectivity index (χ2v) is 10.1. The number of phenols is 1. The fraction of sp³-hybridized carbons (Fsp3) is 0.400. The van der Waals surface area contributed by atoms with Crippen molar-refractivity contribution in [2.24, 2.45) is 5.41 Å². The van der Waals surface area contributed by atoms with Crippen LogP contribution >= 0.6 is 0 Å². The van der Waals surface area contributed by atoms with Crippen LogP contribution in [0.2, 0.25) is 0 Å². The van der Waals surface area contributed by atoms with Crippen molar-refractivity contribution < 1.29 is 18.9 Å². The summed E-state index contributed by atoms with van der Waals surface area (Å²) in [4.78, 5) is 23.8. The van der Waals surface area contributed by atoms with Crippen molar-refractivity contribution in [2.75, 3.05) is 23.7 Å². The number of amides is 1. The minimum absolute atomic E-state index is 0.158. The zero-order chi connectivity index (χ0) is 25.4. The molecule has 0 spiro atoms. The fourth-order valence-electron chi connectivity index (χ4n) is 4.32. The van der Waals surface area contributed by atoms with Crippen LogP contribution in [0.5, 0.6) is 5.75 Å². The van der Waals surface area contributed by atoms with Crippen molar-refractivity contribution in [3.05, 3.63) is 47.4 Å². The third-order valence-electron chi connectivity index (χ3n) is 6.22. The molecule has 1 aromatic carbocycles. The van der Waals surface area contributed by atoms with E-state index in [-0.39, 0.29) is 45.8 Å². The number of likely N-dealkylation sites (tertiary alicyclic amines) is 1. The lowest BCUT2D eigenvalue weighted by Gasteiger charge is -2.30. The van der Waals surface area contributed by atoms with Crippen LogP contribution in [0.1, 0.15) is 61.5 Å². The molecule has 1 saturated heterocycles. The lowest BCUT2D eigenvalue weighted by Crippen LogP contribution is -2.27. The minimum Gasteiger partial charge on any atom is -0.505 e. The van der Waals surface area contributed by atoms with Gasteiger partial charge in [0.2, 0.25) is 11.3 Å². The summed E-state index contributed by atoms with van der Waals surface area (Å²) in [7, 11) is 0. The fourth-order valence-corrected chi connectivity index (χ4v) is 4.32. The summed E-state index contributed by atoms with van der Waals surface area (Å²) in [6.07, 6.45) is 1.93. The number of carbonyl (C=O) groups excluding carboxylic acids is 1. The van der Waals surface area contributed by atoms with Gasteiger partial charge in [-0.15, -0.1) is 0 Å². The van der Waals surface area contributed by atoms with Crippen LogP contribution in [0.4, 0.5) is 17.3 Å². The molecule has 0 aliphatic carbocycles. The maximum atomic E-state index is 13.0. The quantitative estimate of drug-likeness (QED) is 0.322. The molecule has 0 bridgehead atoms. The number of rotatable bonds is 6. The number of phenolic OH excluding ortho intramolecular Hbond substituents is 1. The summed E-state index contributed by atoms with van der Waals surface area (Å²) in [5.41, 5.74) is 0.716. The molecule has 0 unspecified atom stereocenters. The van der Waals surface area contributed by atoms with Gasteiger partial charge in [-0.25, -0.2) is 14.6 Å². The predicted molar refractivity (Wildman–Crippen MR) is 133 cm³/mol. The molecule has 4 aromatic rings. The van der Waals surface area contributed by atoms with Gasteiger partial charge >= 0.3 is 0 Å². The first kappa shape index (κ1) is 23.6. The molecular weight excluding hydrogens is 462 g/mol. The number of fused-ring (bicyclic) bond motifs is 1. The predicted octanol–water partition coefficient (Wildman–Crippen LogP) is 4.80. The van der Waals surface area contributed by atoms with E-state index in [1.807, 2.05) is 19.1 Å². The van der Waals surface area contributed by atoms with E-state index in [2.05, 4.69) is 51.7 Å². The lowest BCUT2D eigenvalue weighted by atomic mass is 9.85. The first-order valence-electron chi connectivity index (χ1n) is 11.9. The van der Waals surface area contributed by atoms with Crippen LogP contribution in [-0.2, 0) is 0 Å². The molecule has 188 valence electrons. The Bertz CT molecular complexity index is 1400. The Morgan fingerprint density at radius 2 is 1.75 bits per heavy atom. The molecule has 5 rings (SSSR count). The highest BCUT2D eigenvalue weighted by atomic mass is 16.6. The summed E-state index contributed by atoms with van der Waals surface area (Å²) in [6, 6.07) is 8.57. The van der Waals surface area contributed by atoms with Crippen LogP contribution in [-0.4, -0.2) is 49.3 Å². The second-order valence-electron chi connectivity index (χ2n) is 10.1. The van der Waals surface area contributed by atoms with Gasteiger partial charge in [-0.05, 0) is 59.8 Å². The smallest absolute Gasteiger partial charge is 0.257 e. The van der Waals surface area contributed by atoms with Gasteiger partial charge in [0.1, 0.15) is 11.5 Å². The molecular formula is C25H29N7O4. The number of hydrogen-bond donors (Lipinski definition) is 3. The molecule has 3 aromatic heterocycles. The number of aryl methyl sites for hydroxylation is 1. The monoisotopic (exact) mass is 491 g/mol. The number of para-hydroxylation sites is 1. The third-order valence-corrected chi connectivity index (χ3v) is 6.22. The number of nitrogens with zero attached hydrogens (tertiary/aromatic N) is 5. The van der Waals surface area contributed by atoms with E-state index in [4.69, 9.17) is 9.05 Å².